The molecule has 8 heterocycles. The van der Waals surface area contributed by atoms with Gasteiger partial charge in [-0.25, -0.2) is 4.98 Å². The van der Waals surface area contributed by atoms with Crippen molar-refractivity contribution in [1.82, 2.24) is 38.9 Å². The lowest BCUT2D eigenvalue weighted by atomic mass is 10.0. The first kappa shape index (κ1) is 46.1. The van der Waals surface area contributed by atoms with Gasteiger partial charge in [-0.05, 0) is 81.6 Å². The summed E-state index contributed by atoms with van der Waals surface area (Å²) >= 11 is 6.81. The fourth-order valence-corrected chi connectivity index (χ4v) is 10.8. The van der Waals surface area contributed by atoms with E-state index >= 15 is 0 Å². The fraction of sp³-hybridized carbons (Fsp3) is 0.442. The zero-order valence-electron chi connectivity index (χ0n) is 39.6. The molecular formula is C52H60ClN13O3. The highest BCUT2D eigenvalue weighted by Crippen LogP contribution is 2.38. The number of benzene rings is 2. The Morgan fingerprint density at radius 3 is 2.59 bits per heavy atom. The predicted molar refractivity (Wildman–Crippen MR) is 270 cm³/mol. The molecule has 0 aliphatic carbocycles. The lowest BCUT2D eigenvalue weighted by Crippen LogP contribution is -2.56. The first-order valence-corrected chi connectivity index (χ1v) is 24.8. The highest BCUT2D eigenvalue weighted by atomic mass is 35.5. The number of nitrogens with one attached hydrogen (secondary N) is 1. The summed E-state index contributed by atoms with van der Waals surface area (Å²) in [6, 6.07) is 20.1. The Morgan fingerprint density at radius 2 is 1.80 bits per heavy atom. The van der Waals surface area contributed by atoms with Crippen molar-refractivity contribution in [2.24, 2.45) is 0 Å². The molecule has 4 aliphatic heterocycles. The average Bonchev–Trinajstić information content (AvgIpc) is 4.00. The second-order valence-corrected chi connectivity index (χ2v) is 19.3. The van der Waals surface area contributed by atoms with Gasteiger partial charge in [-0.3, -0.25) is 9.59 Å². The number of anilines is 4. The number of rotatable bonds is 14. The van der Waals surface area contributed by atoms with E-state index in [4.69, 9.17) is 31.3 Å². The van der Waals surface area contributed by atoms with Crippen molar-refractivity contribution < 1.29 is 9.53 Å². The molecule has 16 nitrogen and oxygen atoms in total. The predicted octanol–water partition coefficient (Wildman–Crippen LogP) is 6.88. The molecule has 4 aliphatic rings. The van der Waals surface area contributed by atoms with Crippen LogP contribution < -0.4 is 30.3 Å². The number of halogens is 1. The van der Waals surface area contributed by atoms with Crippen molar-refractivity contribution in [2.75, 3.05) is 79.5 Å². The Hall–Kier alpha value is -6.70. The van der Waals surface area contributed by atoms with Gasteiger partial charge < -0.3 is 39.1 Å². The lowest BCUT2D eigenvalue weighted by molar-refractivity contribution is -0.130. The van der Waals surface area contributed by atoms with Crippen LogP contribution in [0.3, 0.4) is 0 Å². The summed E-state index contributed by atoms with van der Waals surface area (Å²) in [4.78, 5) is 53.7. The van der Waals surface area contributed by atoms with E-state index in [1.54, 1.807) is 17.2 Å². The van der Waals surface area contributed by atoms with Crippen molar-refractivity contribution in [3.05, 3.63) is 117 Å². The van der Waals surface area contributed by atoms with Gasteiger partial charge in [0.25, 0.3) is 11.5 Å². The molecular weight excluding hydrogens is 890 g/mol. The van der Waals surface area contributed by atoms with Crippen LogP contribution in [-0.2, 0) is 37.3 Å². The van der Waals surface area contributed by atoms with E-state index in [0.29, 0.717) is 56.8 Å². The van der Waals surface area contributed by atoms with Gasteiger partial charge in [0.1, 0.15) is 24.1 Å². The van der Waals surface area contributed by atoms with E-state index in [1.165, 1.54) is 17.1 Å². The zero-order valence-corrected chi connectivity index (χ0v) is 40.4. The zero-order chi connectivity index (χ0) is 47.6. The van der Waals surface area contributed by atoms with Crippen LogP contribution >= 0.6 is 11.6 Å². The van der Waals surface area contributed by atoms with Crippen molar-refractivity contribution in [3.63, 3.8) is 0 Å². The summed E-state index contributed by atoms with van der Waals surface area (Å²) in [7, 11) is 2.13. The highest BCUT2D eigenvalue weighted by Gasteiger charge is 2.35. The molecule has 4 aromatic heterocycles. The fourth-order valence-electron chi connectivity index (χ4n) is 10.5. The number of carbonyl (C=O) groups is 1. The number of aryl methyl sites for hydroxylation is 1. The third-order valence-corrected chi connectivity index (χ3v) is 14.7. The maximum absolute atomic E-state index is 14.4. The number of likely N-dealkylation sites (tertiary alicyclic amines) is 1. The standard InChI is InChI=1S/C52H60ClN13O3/c1-4-37-29-56-66-45(27-46(58-49(37)66)61-22-6-5-7-23-61)55-28-36-16-17-47(67)64(31-36)30-35(2)51(68)65-26-25-63(32-39(65)18-20-54)50-41-19-24-62(44-15-9-12-38-11-8-14-42(53)48(38)44)33-43(41)57-52(59-50)69-34-40-13-10-21-60(40)3/h8-9,11-12,14-17,27,29,31,39-40,55H,2,4-7,10,13,18-19,21-26,28,30,32-34H2,1,3H3/t39-,40?/m0/s1. The largest absolute Gasteiger partial charge is 0.462 e. The Labute approximate surface area is 407 Å². The monoisotopic (exact) mass is 949 g/mol. The van der Waals surface area contributed by atoms with Crippen molar-refractivity contribution in [1.29, 1.82) is 5.26 Å². The van der Waals surface area contributed by atoms with Gasteiger partial charge in [0.05, 0.1) is 48.5 Å². The molecule has 0 spiro atoms. The molecule has 1 N–H and O–H groups in total. The van der Waals surface area contributed by atoms with Gasteiger partial charge >= 0.3 is 6.01 Å². The minimum absolute atomic E-state index is 0.0112. The number of piperazine rings is 1. The quantitative estimate of drug-likeness (QED) is 0.113. The third kappa shape index (κ3) is 9.54. The number of piperidine rings is 1. The molecule has 17 heteroatoms. The second kappa shape index (κ2) is 20.1. The maximum atomic E-state index is 14.4. The smallest absolute Gasteiger partial charge is 0.318 e. The van der Waals surface area contributed by atoms with Gasteiger partial charge in [0, 0.05) is 98.0 Å². The lowest BCUT2D eigenvalue weighted by Gasteiger charge is -2.42. The minimum atomic E-state index is -0.442. The minimum Gasteiger partial charge on any atom is -0.462 e. The summed E-state index contributed by atoms with van der Waals surface area (Å²) in [5.41, 5.74) is 5.79. The first-order chi connectivity index (χ1) is 33.6. The van der Waals surface area contributed by atoms with Crippen molar-refractivity contribution >= 4 is 57.1 Å². The molecule has 10 rings (SSSR count). The molecule has 6 aromatic rings. The van der Waals surface area contributed by atoms with E-state index < -0.39 is 6.04 Å². The van der Waals surface area contributed by atoms with Crippen LogP contribution in [0.15, 0.2) is 83.9 Å². The van der Waals surface area contributed by atoms with Crippen LogP contribution in [0.4, 0.5) is 23.1 Å². The SMILES string of the molecule is C=C(Cn1cc(CNc2cc(N3CCCCC3)nc3c(CC)cnn23)ccc1=O)C(=O)N1CCN(c2nc(OCC3CCCN3C)nc3c2CCN(c2cccc4cccc(Cl)c24)C3)C[C@@H]1CC#N. The number of aromatic nitrogens is 6. The van der Waals surface area contributed by atoms with Crippen molar-refractivity contribution in [2.45, 2.75) is 90.0 Å². The number of ether oxygens (including phenoxy) is 1. The molecule has 69 heavy (non-hydrogen) atoms. The Balaban J connectivity index is 0.853. The molecule has 0 saturated carbocycles. The number of amides is 1. The number of fused-ring (bicyclic) bond motifs is 3. The molecule has 1 unspecified atom stereocenters. The Bertz CT molecular complexity index is 2990. The van der Waals surface area contributed by atoms with E-state index in [2.05, 4.69) is 87.0 Å². The second-order valence-electron chi connectivity index (χ2n) is 18.9. The van der Waals surface area contributed by atoms with Gasteiger partial charge in [-0.2, -0.15) is 24.8 Å². The van der Waals surface area contributed by atoms with E-state index in [9.17, 15) is 14.9 Å². The van der Waals surface area contributed by atoms with Crippen LogP contribution in [0.2, 0.25) is 5.02 Å². The van der Waals surface area contributed by atoms with Crippen LogP contribution in [-0.4, -0.2) is 116 Å². The summed E-state index contributed by atoms with van der Waals surface area (Å²) < 4.78 is 9.80. The number of likely N-dealkylation sites (N-methyl/N-ethyl adjacent to an activating group) is 1. The average molecular weight is 951 g/mol. The molecule has 3 saturated heterocycles. The van der Waals surface area contributed by atoms with E-state index in [1.807, 2.05) is 22.8 Å². The van der Waals surface area contributed by atoms with E-state index in [-0.39, 0.29) is 36.0 Å². The van der Waals surface area contributed by atoms with Crippen LogP contribution in [0.1, 0.15) is 67.8 Å². The molecule has 0 bridgehead atoms. The maximum Gasteiger partial charge on any atom is 0.318 e. The summed E-state index contributed by atoms with van der Waals surface area (Å²) in [6.07, 6.45) is 11.0. The summed E-state index contributed by atoms with van der Waals surface area (Å²) in [5.74, 6) is 2.25. The van der Waals surface area contributed by atoms with Crippen LogP contribution in [0.25, 0.3) is 16.4 Å². The molecule has 1 amide bonds. The number of pyridine rings is 1. The third-order valence-electron chi connectivity index (χ3n) is 14.4. The van der Waals surface area contributed by atoms with E-state index in [0.717, 1.165) is 120 Å². The molecule has 3 fully saturated rings. The number of nitriles is 1. The van der Waals surface area contributed by atoms with Gasteiger partial charge in [0.2, 0.25) is 0 Å². The molecule has 2 atom stereocenters. The van der Waals surface area contributed by atoms with Crippen LogP contribution in [0, 0.1) is 11.3 Å². The topological polar surface area (TPSA) is 156 Å². The number of hydrogen-bond donors (Lipinski definition) is 1. The normalized spacial score (nSPS) is 18.7. The summed E-state index contributed by atoms with van der Waals surface area (Å²) in [6.45, 7) is 12.7. The molecule has 358 valence electrons. The molecule has 0 radical (unpaired) electrons. The van der Waals surface area contributed by atoms with Gasteiger partial charge in [0.15, 0.2) is 5.65 Å². The molecule has 2 aromatic carbocycles. The first-order valence-electron chi connectivity index (χ1n) is 24.5. The Kier molecular flexibility index (Phi) is 13.4. The van der Waals surface area contributed by atoms with Gasteiger partial charge in [-0.15, -0.1) is 0 Å². The number of hydrogen-bond acceptors (Lipinski definition) is 13. The van der Waals surface area contributed by atoms with Gasteiger partial charge in [-0.1, -0.05) is 55.4 Å². The number of carbonyl (C=O) groups excluding carboxylic acids is 1. The summed E-state index contributed by atoms with van der Waals surface area (Å²) in [5, 5.41) is 21.1. The van der Waals surface area contributed by atoms with Crippen molar-refractivity contribution in [3.8, 4) is 12.1 Å². The number of nitrogens with zero attached hydrogens (tertiary/aromatic N) is 12. The Morgan fingerprint density at radius 1 is 0.957 bits per heavy atom. The highest BCUT2D eigenvalue weighted by molar-refractivity contribution is 6.36. The van der Waals surface area contributed by atoms with Crippen LogP contribution in [0.5, 0.6) is 6.01 Å².